The van der Waals surface area contributed by atoms with Gasteiger partial charge in [0.2, 0.25) is 0 Å². The standard InChI is InChI=1S/C17H17F2NO2S/c1-10-6-7-23-17(10)16-12(11(2)22-20-16)8-21-9-13-14(18)4-3-5-15(13)19/h3-7,11-12H,8-9H2,1-2H3. The van der Waals surface area contributed by atoms with Gasteiger partial charge >= 0.3 is 0 Å². The van der Waals surface area contributed by atoms with Crippen LogP contribution in [0.2, 0.25) is 0 Å². The first-order chi connectivity index (χ1) is 11.1. The third-order valence-electron chi connectivity index (χ3n) is 3.94. The van der Waals surface area contributed by atoms with E-state index in [0.29, 0.717) is 6.61 Å². The summed E-state index contributed by atoms with van der Waals surface area (Å²) in [6.45, 7) is 4.12. The summed E-state index contributed by atoms with van der Waals surface area (Å²) < 4.78 is 32.8. The van der Waals surface area contributed by atoms with Gasteiger partial charge in [-0.2, -0.15) is 0 Å². The molecule has 122 valence electrons. The maximum absolute atomic E-state index is 13.6. The zero-order valence-corrected chi connectivity index (χ0v) is 13.7. The Hall–Kier alpha value is -1.79. The van der Waals surface area contributed by atoms with Gasteiger partial charge in [-0.05, 0) is 43.0 Å². The Kier molecular flexibility index (Phi) is 4.73. The molecule has 1 aliphatic heterocycles. The third-order valence-corrected chi connectivity index (χ3v) is 4.97. The zero-order chi connectivity index (χ0) is 16.4. The van der Waals surface area contributed by atoms with E-state index in [-0.39, 0.29) is 24.2 Å². The van der Waals surface area contributed by atoms with E-state index in [4.69, 9.17) is 9.57 Å². The first-order valence-corrected chi connectivity index (χ1v) is 8.24. The first-order valence-electron chi connectivity index (χ1n) is 7.36. The van der Waals surface area contributed by atoms with Crippen LogP contribution >= 0.6 is 11.3 Å². The molecule has 0 saturated carbocycles. The van der Waals surface area contributed by atoms with Gasteiger partial charge in [-0.25, -0.2) is 8.78 Å². The summed E-state index contributed by atoms with van der Waals surface area (Å²) in [5.74, 6) is -1.24. The van der Waals surface area contributed by atoms with Crippen molar-refractivity contribution in [3.63, 3.8) is 0 Å². The number of thiophene rings is 1. The normalized spacial score (nSPS) is 20.4. The van der Waals surface area contributed by atoms with Crippen LogP contribution < -0.4 is 0 Å². The third kappa shape index (κ3) is 3.28. The molecule has 3 rings (SSSR count). The van der Waals surface area contributed by atoms with E-state index < -0.39 is 11.6 Å². The predicted molar refractivity (Wildman–Crippen MR) is 85.6 cm³/mol. The highest BCUT2D eigenvalue weighted by Crippen LogP contribution is 2.28. The van der Waals surface area contributed by atoms with Gasteiger partial charge in [0.15, 0.2) is 0 Å². The molecule has 2 unspecified atom stereocenters. The highest BCUT2D eigenvalue weighted by atomic mass is 32.1. The zero-order valence-electron chi connectivity index (χ0n) is 12.9. The lowest BCUT2D eigenvalue weighted by Crippen LogP contribution is -2.26. The molecule has 0 radical (unpaired) electrons. The van der Waals surface area contributed by atoms with Crippen LogP contribution in [0, 0.1) is 24.5 Å². The number of aryl methyl sites for hydroxylation is 1. The quantitative estimate of drug-likeness (QED) is 0.815. The van der Waals surface area contributed by atoms with Crippen molar-refractivity contribution in [1.82, 2.24) is 0 Å². The minimum Gasteiger partial charge on any atom is -0.392 e. The van der Waals surface area contributed by atoms with Crippen molar-refractivity contribution in [3.05, 3.63) is 57.3 Å². The van der Waals surface area contributed by atoms with Crippen LogP contribution in [0.5, 0.6) is 0 Å². The predicted octanol–water partition coefficient (Wildman–Crippen LogP) is 4.29. The summed E-state index contributed by atoms with van der Waals surface area (Å²) in [6, 6.07) is 5.82. The van der Waals surface area contributed by atoms with Crippen molar-refractivity contribution in [3.8, 4) is 0 Å². The Balaban J connectivity index is 1.67. The van der Waals surface area contributed by atoms with Crippen molar-refractivity contribution in [2.24, 2.45) is 11.1 Å². The van der Waals surface area contributed by atoms with E-state index in [1.54, 1.807) is 11.3 Å². The second-order valence-electron chi connectivity index (χ2n) is 5.54. The average Bonchev–Trinajstić information content (AvgIpc) is 3.08. The number of nitrogens with zero attached hydrogens (tertiary/aromatic N) is 1. The van der Waals surface area contributed by atoms with Crippen LogP contribution in [0.15, 0.2) is 34.8 Å². The summed E-state index contributed by atoms with van der Waals surface area (Å²) in [4.78, 5) is 6.44. The Morgan fingerprint density at radius 3 is 2.65 bits per heavy atom. The van der Waals surface area contributed by atoms with E-state index in [1.165, 1.54) is 18.2 Å². The topological polar surface area (TPSA) is 30.8 Å². The van der Waals surface area contributed by atoms with Crippen LogP contribution in [-0.2, 0) is 16.2 Å². The van der Waals surface area contributed by atoms with Crippen LogP contribution in [0.4, 0.5) is 8.78 Å². The maximum Gasteiger partial charge on any atom is 0.135 e. The first kappa shape index (κ1) is 16.1. The largest absolute Gasteiger partial charge is 0.392 e. The molecule has 3 nitrogen and oxygen atoms in total. The van der Waals surface area contributed by atoms with Gasteiger partial charge in [0, 0.05) is 5.56 Å². The minimum absolute atomic E-state index is 0.0511. The molecule has 2 aromatic rings. The number of ether oxygens (including phenoxy) is 1. The van der Waals surface area contributed by atoms with Gasteiger partial charge in [0.1, 0.15) is 23.5 Å². The molecule has 0 aliphatic carbocycles. The van der Waals surface area contributed by atoms with Crippen LogP contribution in [-0.4, -0.2) is 18.4 Å². The summed E-state index contributed by atoms with van der Waals surface area (Å²) in [5, 5.41) is 6.16. The van der Waals surface area contributed by atoms with Crippen molar-refractivity contribution in [2.45, 2.75) is 26.6 Å². The molecular weight excluding hydrogens is 320 g/mol. The van der Waals surface area contributed by atoms with Crippen LogP contribution in [0.25, 0.3) is 0 Å². The lowest BCUT2D eigenvalue weighted by atomic mass is 9.97. The van der Waals surface area contributed by atoms with E-state index in [1.807, 2.05) is 25.3 Å². The van der Waals surface area contributed by atoms with Crippen LogP contribution in [0.1, 0.15) is 22.9 Å². The van der Waals surface area contributed by atoms with E-state index in [2.05, 4.69) is 5.16 Å². The number of hydrogen-bond donors (Lipinski definition) is 0. The Morgan fingerprint density at radius 1 is 1.26 bits per heavy atom. The number of hydrogen-bond acceptors (Lipinski definition) is 4. The fraction of sp³-hybridized carbons (Fsp3) is 0.353. The smallest absolute Gasteiger partial charge is 0.135 e. The van der Waals surface area contributed by atoms with Crippen LogP contribution in [0.3, 0.4) is 0 Å². The molecule has 2 atom stereocenters. The minimum atomic E-state index is -0.594. The molecule has 0 saturated heterocycles. The molecule has 0 amide bonds. The number of benzene rings is 1. The molecule has 1 aromatic heterocycles. The van der Waals surface area contributed by atoms with Gasteiger partial charge in [-0.15, -0.1) is 11.3 Å². The van der Waals surface area contributed by atoms with Gasteiger partial charge < -0.3 is 9.57 Å². The molecule has 23 heavy (non-hydrogen) atoms. The van der Waals surface area contributed by atoms with Crippen molar-refractivity contribution in [1.29, 1.82) is 0 Å². The summed E-state index contributed by atoms with van der Waals surface area (Å²) in [7, 11) is 0. The molecule has 1 aliphatic rings. The van der Waals surface area contributed by atoms with Gasteiger partial charge in [-0.1, -0.05) is 11.2 Å². The molecular formula is C17H17F2NO2S. The average molecular weight is 337 g/mol. The van der Waals surface area contributed by atoms with E-state index in [9.17, 15) is 8.78 Å². The highest BCUT2D eigenvalue weighted by molar-refractivity contribution is 7.12. The van der Waals surface area contributed by atoms with Crippen molar-refractivity contribution < 1.29 is 18.4 Å². The molecule has 2 heterocycles. The van der Waals surface area contributed by atoms with Gasteiger partial charge in [-0.3, -0.25) is 0 Å². The second kappa shape index (κ2) is 6.76. The maximum atomic E-state index is 13.6. The highest BCUT2D eigenvalue weighted by Gasteiger charge is 2.33. The fourth-order valence-corrected chi connectivity index (χ4v) is 3.49. The molecule has 6 heteroatoms. The Morgan fingerprint density at radius 2 is 2.00 bits per heavy atom. The molecule has 0 bridgehead atoms. The summed E-state index contributed by atoms with van der Waals surface area (Å²) in [5.41, 5.74) is 1.93. The molecule has 0 N–H and O–H groups in total. The molecule has 0 spiro atoms. The van der Waals surface area contributed by atoms with Crippen molar-refractivity contribution >= 4 is 17.0 Å². The summed E-state index contributed by atoms with van der Waals surface area (Å²) >= 11 is 1.60. The number of halogens is 2. The molecule has 1 aromatic carbocycles. The van der Waals surface area contributed by atoms with E-state index in [0.717, 1.165) is 16.2 Å². The number of oxime groups is 1. The lowest BCUT2D eigenvalue weighted by molar-refractivity contribution is 0.0307. The van der Waals surface area contributed by atoms with Gasteiger partial charge in [0.05, 0.1) is 24.0 Å². The Bertz CT molecular complexity index is 709. The van der Waals surface area contributed by atoms with Crippen molar-refractivity contribution in [2.75, 3.05) is 6.61 Å². The number of rotatable bonds is 5. The molecule has 0 fully saturated rings. The fourth-order valence-electron chi connectivity index (χ4n) is 2.52. The monoisotopic (exact) mass is 337 g/mol. The summed E-state index contributed by atoms with van der Waals surface area (Å²) in [6.07, 6.45) is -0.128. The lowest BCUT2D eigenvalue weighted by Gasteiger charge is -2.16. The SMILES string of the molecule is Cc1ccsc1C1=NOC(C)C1COCc1c(F)cccc1F. The van der Waals surface area contributed by atoms with Gasteiger partial charge in [0.25, 0.3) is 0 Å². The Labute approximate surface area is 137 Å². The second-order valence-corrected chi connectivity index (χ2v) is 6.46. The van der Waals surface area contributed by atoms with E-state index >= 15 is 0 Å².